The predicted octanol–water partition coefficient (Wildman–Crippen LogP) is 4.73. The van der Waals surface area contributed by atoms with Crippen LogP contribution >= 0.6 is 11.8 Å². The number of hydrogen-bond donors (Lipinski definition) is 1. The van der Waals surface area contributed by atoms with Crippen LogP contribution in [0, 0.1) is 0 Å². The first kappa shape index (κ1) is 17.4. The van der Waals surface area contributed by atoms with Gasteiger partial charge in [0, 0.05) is 16.2 Å². The molecule has 0 aliphatic rings. The van der Waals surface area contributed by atoms with Crippen molar-refractivity contribution >= 4 is 11.8 Å². The molecule has 0 aliphatic heterocycles. The van der Waals surface area contributed by atoms with Gasteiger partial charge in [0.2, 0.25) is 0 Å². The Morgan fingerprint density at radius 1 is 1.20 bits per heavy atom. The van der Waals surface area contributed by atoms with Crippen LogP contribution in [0.25, 0.3) is 0 Å². The summed E-state index contributed by atoms with van der Waals surface area (Å²) >= 11 is 1.97. The Morgan fingerprint density at radius 2 is 2.00 bits per heavy atom. The second-order valence-corrected chi connectivity index (χ2v) is 6.41. The molecule has 0 heterocycles. The lowest BCUT2D eigenvalue weighted by atomic mass is 10.1. The molecule has 1 N–H and O–H groups in total. The molecule has 0 saturated heterocycles. The third-order valence-electron chi connectivity index (χ3n) is 3.44. The predicted molar refractivity (Wildman–Crippen MR) is 89.9 cm³/mol. The van der Waals surface area contributed by atoms with Crippen molar-refractivity contribution in [2.24, 2.45) is 0 Å². The van der Waals surface area contributed by atoms with Crippen molar-refractivity contribution in [2.75, 3.05) is 13.7 Å². The molecule has 2 nitrogen and oxygen atoms in total. The molecule has 1 aromatic rings. The Bertz CT molecular complexity index is 370. The molecule has 0 aliphatic carbocycles. The van der Waals surface area contributed by atoms with Gasteiger partial charge in [-0.15, -0.1) is 11.8 Å². The summed E-state index contributed by atoms with van der Waals surface area (Å²) in [7, 11) is 1.73. The molecule has 0 amide bonds. The van der Waals surface area contributed by atoms with E-state index in [2.05, 4.69) is 44.3 Å². The van der Waals surface area contributed by atoms with Gasteiger partial charge in [-0.1, -0.05) is 33.3 Å². The Kier molecular flexibility index (Phi) is 8.79. The Labute approximate surface area is 128 Å². The summed E-state index contributed by atoms with van der Waals surface area (Å²) < 4.78 is 5.31. The van der Waals surface area contributed by atoms with E-state index in [1.54, 1.807) is 7.11 Å². The highest BCUT2D eigenvalue weighted by Crippen LogP contribution is 2.31. The van der Waals surface area contributed by atoms with E-state index < -0.39 is 0 Å². The fourth-order valence-electron chi connectivity index (χ4n) is 2.36. The molecule has 2 atom stereocenters. The lowest BCUT2D eigenvalue weighted by molar-refractivity contribution is 0.413. The minimum Gasteiger partial charge on any atom is -0.497 e. The minimum atomic E-state index is 0.598. The summed E-state index contributed by atoms with van der Waals surface area (Å²) in [4.78, 5) is 1.30. The second-order valence-electron chi connectivity index (χ2n) is 5.09. The van der Waals surface area contributed by atoms with Crippen LogP contribution in [0.2, 0.25) is 0 Å². The van der Waals surface area contributed by atoms with Crippen LogP contribution in [0.5, 0.6) is 5.75 Å². The first-order chi connectivity index (χ1) is 9.74. The van der Waals surface area contributed by atoms with Crippen LogP contribution in [-0.2, 0) is 0 Å². The lowest BCUT2D eigenvalue weighted by Gasteiger charge is -2.27. The largest absolute Gasteiger partial charge is 0.497 e. The Balaban J connectivity index is 2.71. The molecular formula is C17H29NOS. The zero-order valence-electron chi connectivity index (χ0n) is 13.3. The summed E-state index contributed by atoms with van der Waals surface area (Å²) in [5.74, 6) is 0.943. The van der Waals surface area contributed by atoms with Crippen LogP contribution in [0.1, 0.15) is 46.5 Å². The number of nitrogens with one attached hydrogen (secondary N) is 1. The molecule has 0 aromatic heterocycles. The molecule has 0 bridgehead atoms. The zero-order valence-corrected chi connectivity index (χ0v) is 14.1. The smallest absolute Gasteiger partial charge is 0.119 e. The summed E-state index contributed by atoms with van der Waals surface area (Å²) in [6.45, 7) is 7.89. The van der Waals surface area contributed by atoms with Gasteiger partial charge in [-0.05, 0) is 44.0 Å². The van der Waals surface area contributed by atoms with E-state index >= 15 is 0 Å². The molecule has 3 heteroatoms. The fraction of sp³-hybridized carbons (Fsp3) is 0.647. The lowest BCUT2D eigenvalue weighted by Crippen LogP contribution is -2.38. The summed E-state index contributed by atoms with van der Waals surface area (Å²) in [6.07, 6.45) is 4.86. The summed E-state index contributed by atoms with van der Waals surface area (Å²) in [6, 6.07) is 8.99. The summed E-state index contributed by atoms with van der Waals surface area (Å²) in [5.41, 5.74) is 0. The van der Waals surface area contributed by atoms with Gasteiger partial charge in [-0.2, -0.15) is 0 Å². The fourth-order valence-corrected chi connectivity index (χ4v) is 3.61. The SMILES string of the molecule is CCCNC(CCC)C(CC)Sc1cccc(OC)c1. The molecule has 0 fully saturated rings. The third-order valence-corrected chi connectivity index (χ3v) is 4.93. The number of methoxy groups -OCH3 is 1. The van der Waals surface area contributed by atoms with E-state index in [1.165, 1.54) is 30.6 Å². The van der Waals surface area contributed by atoms with Crippen LogP contribution < -0.4 is 10.1 Å². The van der Waals surface area contributed by atoms with Crippen LogP contribution in [0.3, 0.4) is 0 Å². The van der Waals surface area contributed by atoms with E-state index in [-0.39, 0.29) is 0 Å². The topological polar surface area (TPSA) is 21.3 Å². The highest BCUT2D eigenvalue weighted by atomic mass is 32.2. The second kappa shape index (κ2) is 10.1. The van der Waals surface area contributed by atoms with Crippen molar-refractivity contribution < 1.29 is 4.74 Å². The van der Waals surface area contributed by atoms with Gasteiger partial charge >= 0.3 is 0 Å². The number of thioether (sulfide) groups is 1. The van der Waals surface area contributed by atoms with Crippen molar-refractivity contribution in [1.82, 2.24) is 5.32 Å². The number of benzene rings is 1. The van der Waals surface area contributed by atoms with Crippen LogP contribution in [0.4, 0.5) is 0 Å². The highest BCUT2D eigenvalue weighted by Gasteiger charge is 2.19. The molecule has 0 saturated carbocycles. The first-order valence-electron chi connectivity index (χ1n) is 7.79. The summed E-state index contributed by atoms with van der Waals surface area (Å²) in [5, 5.41) is 4.34. The maximum Gasteiger partial charge on any atom is 0.119 e. The van der Waals surface area contributed by atoms with Crippen molar-refractivity contribution in [3.8, 4) is 5.75 Å². The molecule has 0 spiro atoms. The highest BCUT2D eigenvalue weighted by molar-refractivity contribution is 8.00. The maximum atomic E-state index is 5.31. The average molecular weight is 295 g/mol. The maximum absolute atomic E-state index is 5.31. The van der Waals surface area contributed by atoms with Crippen LogP contribution in [-0.4, -0.2) is 24.9 Å². The van der Waals surface area contributed by atoms with Crippen molar-refractivity contribution in [3.05, 3.63) is 24.3 Å². The molecule has 114 valence electrons. The van der Waals surface area contributed by atoms with E-state index in [1.807, 2.05) is 17.8 Å². The molecule has 2 unspecified atom stereocenters. The number of rotatable bonds is 10. The van der Waals surface area contributed by atoms with Gasteiger partial charge in [0.15, 0.2) is 0 Å². The minimum absolute atomic E-state index is 0.598. The number of ether oxygens (including phenoxy) is 1. The molecule has 0 radical (unpaired) electrons. The van der Waals surface area contributed by atoms with Gasteiger partial charge in [0.05, 0.1) is 7.11 Å². The van der Waals surface area contributed by atoms with Gasteiger partial charge in [-0.3, -0.25) is 0 Å². The van der Waals surface area contributed by atoms with Crippen molar-refractivity contribution in [1.29, 1.82) is 0 Å². The quantitative estimate of drug-likeness (QED) is 0.630. The Hall–Kier alpha value is -0.670. The van der Waals surface area contributed by atoms with Gasteiger partial charge in [0.1, 0.15) is 5.75 Å². The standard InChI is InChI=1S/C17H29NOS/c1-5-9-16(18-12-6-2)17(7-3)20-15-11-8-10-14(13-15)19-4/h8,10-11,13,16-18H,5-7,9,12H2,1-4H3. The van der Waals surface area contributed by atoms with E-state index in [0.717, 1.165) is 12.3 Å². The van der Waals surface area contributed by atoms with E-state index in [9.17, 15) is 0 Å². The monoisotopic (exact) mass is 295 g/mol. The third kappa shape index (κ3) is 5.76. The Morgan fingerprint density at radius 3 is 2.60 bits per heavy atom. The van der Waals surface area contributed by atoms with Gasteiger partial charge in [0.25, 0.3) is 0 Å². The zero-order chi connectivity index (χ0) is 14.8. The molecular weight excluding hydrogens is 266 g/mol. The normalized spacial score (nSPS) is 14.0. The van der Waals surface area contributed by atoms with Crippen LogP contribution in [0.15, 0.2) is 29.2 Å². The average Bonchev–Trinajstić information content (AvgIpc) is 2.49. The van der Waals surface area contributed by atoms with E-state index in [0.29, 0.717) is 11.3 Å². The molecule has 20 heavy (non-hydrogen) atoms. The molecule has 1 aromatic carbocycles. The first-order valence-corrected chi connectivity index (χ1v) is 8.67. The van der Waals surface area contributed by atoms with E-state index in [4.69, 9.17) is 4.74 Å². The molecule has 1 rings (SSSR count). The van der Waals surface area contributed by atoms with Crippen molar-refractivity contribution in [3.63, 3.8) is 0 Å². The van der Waals surface area contributed by atoms with Gasteiger partial charge in [-0.25, -0.2) is 0 Å². The van der Waals surface area contributed by atoms with Gasteiger partial charge < -0.3 is 10.1 Å². The number of hydrogen-bond acceptors (Lipinski definition) is 3. The van der Waals surface area contributed by atoms with Crippen molar-refractivity contribution in [2.45, 2.75) is 62.6 Å².